The van der Waals surface area contributed by atoms with E-state index < -0.39 is 249 Å². The molecule has 34 heteroatoms. The van der Waals surface area contributed by atoms with Gasteiger partial charge in [-0.15, -0.1) is 0 Å². The summed E-state index contributed by atoms with van der Waals surface area (Å²) in [5, 5.41) is 1.29. The van der Waals surface area contributed by atoms with E-state index >= 15 is 9.59 Å². The van der Waals surface area contributed by atoms with Crippen molar-refractivity contribution in [2.75, 3.05) is 27.3 Å². The van der Waals surface area contributed by atoms with Crippen LogP contribution >= 0.6 is 0 Å². The van der Waals surface area contributed by atoms with Gasteiger partial charge in [0.05, 0.1) is 84.4 Å². The van der Waals surface area contributed by atoms with Crippen molar-refractivity contribution in [2.24, 2.45) is 58.2 Å². The minimum absolute atomic E-state index is 0.0718. The van der Waals surface area contributed by atoms with Gasteiger partial charge >= 0.3 is 24.3 Å². The minimum Gasteiger partial charge on any atom is -0.494 e. The van der Waals surface area contributed by atoms with Crippen LogP contribution in [0.4, 0.5) is 35.1 Å². The number of alkyl halides is 6. The highest BCUT2D eigenvalue weighted by atomic mass is 32.2. The maximum atomic E-state index is 15.1. The number of ketones is 2. The standard InChI is InChI=1S/2C42H53F4N3O9S/c2*1-7-25-16-24(2)10-8-9-11-27-21-41(27,38(53)48-59(54,55)40(5)13-14-40)22-33(50)32-18-28(57-36-29-19-31(43)34(56-6)17-26(29)12-15-47-36)23-49(32)37(52)30(25)20-35(51)58-39(3,4)42(44,45)46/h2*9,11-12,15,17,19,24-25,27-28,30,32H,7-8,10,13-14,16,18,20-23H2,1-6H3,(H,48,53)/b2*11-9-/t24-,25+,27+,28+,30-,32-,41+;24-,25-,27-,28-,30+,32+,41-/m01/s1/i2*3D3,4D3. The van der Waals surface area contributed by atoms with Gasteiger partial charge in [0.1, 0.15) is 12.2 Å². The maximum Gasteiger partial charge on any atom is 0.427 e. The number of carbonyl (C=O) groups excluding carboxylic acids is 8. The fourth-order valence-corrected chi connectivity index (χ4v) is 19.4. The van der Waals surface area contributed by atoms with E-state index in [1.54, 1.807) is 50.3 Å². The van der Waals surface area contributed by atoms with Crippen LogP contribution in [0.15, 0.2) is 73.1 Å². The summed E-state index contributed by atoms with van der Waals surface area (Å²) in [6.07, 6.45) is -4.60. The van der Waals surface area contributed by atoms with Crippen LogP contribution in [-0.2, 0) is 67.9 Å². The highest BCUT2D eigenvalue weighted by Crippen LogP contribution is 2.60. The molecule has 2 N–H and O–H groups in total. The van der Waals surface area contributed by atoms with Crippen LogP contribution in [-0.4, -0.2) is 168 Å². The first kappa shape index (κ1) is 74.5. The van der Waals surface area contributed by atoms with E-state index in [0.717, 1.165) is 21.9 Å². The molecule has 0 spiro atoms. The van der Waals surface area contributed by atoms with Gasteiger partial charge in [-0.25, -0.2) is 35.6 Å². The largest absolute Gasteiger partial charge is 0.494 e. The first-order valence-electron chi connectivity index (χ1n) is 45.4. The summed E-state index contributed by atoms with van der Waals surface area (Å²) in [5.41, 5.74) is -13.0. The maximum absolute atomic E-state index is 15.1. The van der Waals surface area contributed by atoms with Crippen LogP contribution in [0.25, 0.3) is 21.5 Å². The van der Waals surface area contributed by atoms with Gasteiger partial charge in [0, 0.05) is 65.3 Å². The molecule has 6 heterocycles. The molecule has 118 heavy (non-hydrogen) atoms. The lowest BCUT2D eigenvalue weighted by molar-refractivity contribution is -0.257. The van der Waals surface area contributed by atoms with Crippen molar-refractivity contribution < 1.29 is 135 Å². The molecular formula is C84H106F8N6O18S2. The number of nitrogens with zero attached hydrogens (tertiary/aromatic N) is 4. The Morgan fingerprint density at radius 2 is 0.941 bits per heavy atom. The zero-order valence-electron chi connectivity index (χ0n) is 78.4. The van der Waals surface area contributed by atoms with Crippen LogP contribution < -0.4 is 28.4 Å². The van der Waals surface area contributed by atoms with Crippen molar-refractivity contribution in [2.45, 2.75) is 255 Å². The van der Waals surface area contributed by atoms with E-state index in [9.17, 15) is 80.7 Å². The quantitative estimate of drug-likeness (QED) is 0.0472. The van der Waals surface area contributed by atoms with Gasteiger partial charge < -0.3 is 38.2 Å². The molecule has 2 saturated heterocycles. The second-order valence-electron chi connectivity index (χ2n) is 33.6. The van der Waals surface area contributed by atoms with Gasteiger partial charge in [0.2, 0.25) is 66.6 Å². The van der Waals surface area contributed by atoms with Crippen molar-refractivity contribution >= 4 is 88.7 Å². The third-order valence-electron chi connectivity index (χ3n) is 24.9. The minimum atomic E-state index is -6.13. The third kappa shape index (κ3) is 19.3. The number of halogens is 8. The number of amides is 4. The van der Waals surface area contributed by atoms with Crippen molar-refractivity contribution in [1.29, 1.82) is 0 Å². The average Bonchev–Trinajstić information content (AvgIpc) is 1.24. The second kappa shape index (κ2) is 34.2. The highest BCUT2D eigenvalue weighted by molar-refractivity contribution is 7.92. The van der Waals surface area contributed by atoms with Crippen molar-refractivity contribution in [1.82, 2.24) is 29.2 Å². The summed E-state index contributed by atoms with van der Waals surface area (Å²) in [4.78, 5) is 126. The number of pyridine rings is 2. The number of esters is 2. The molecule has 24 nitrogen and oxygen atoms in total. The van der Waals surface area contributed by atoms with Crippen molar-refractivity contribution in [3.8, 4) is 23.3 Å². The Morgan fingerprint density at radius 1 is 0.576 bits per heavy atom. The molecule has 2 aromatic heterocycles. The Labute approximate surface area is 698 Å². The number of allylic oxidation sites excluding steroid dienone is 4. The highest BCUT2D eigenvalue weighted by Gasteiger charge is 2.65. The smallest absolute Gasteiger partial charge is 0.427 e. The van der Waals surface area contributed by atoms with Gasteiger partial charge in [-0.2, -0.15) is 26.3 Å². The number of hydrogen-bond donors (Lipinski definition) is 2. The number of hydrogen-bond acceptors (Lipinski definition) is 20. The van der Waals surface area contributed by atoms with Crippen molar-refractivity contribution in [3.63, 3.8) is 0 Å². The topological polar surface area (TPSA) is 317 Å². The van der Waals surface area contributed by atoms with E-state index in [2.05, 4.69) is 28.9 Å². The molecule has 0 radical (unpaired) electrons. The van der Waals surface area contributed by atoms with Gasteiger partial charge in [-0.1, -0.05) is 64.8 Å². The molecule has 0 bridgehead atoms. The number of Topliss-reactive ketones (excluding diaryl/α,β-unsaturated/α-hetero) is 2. The van der Waals surface area contributed by atoms with E-state index in [4.69, 9.17) is 35.4 Å². The monoisotopic (exact) mass is 1710 g/mol. The lowest BCUT2D eigenvalue weighted by Gasteiger charge is -2.34. The molecule has 6 fully saturated rings. The molecule has 12 rings (SSSR count). The fourth-order valence-electron chi connectivity index (χ4n) is 16.7. The van der Waals surface area contributed by atoms with Crippen molar-refractivity contribution in [3.05, 3.63) is 84.7 Å². The molecule has 648 valence electrons. The number of benzene rings is 2. The predicted molar refractivity (Wildman–Crippen MR) is 416 cm³/mol. The number of methoxy groups -OCH3 is 2. The molecule has 0 unspecified atom stereocenters. The number of nitrogens with one attached hydrogen (secondary N) is 2. The first-order chi connectivity index (χ1) is 60.1. The molecule has 4 aliphatic heterocycles. The zero-order valence-corrected chi connectivity index (χ0v) is 68.0. The molecular weight excluding hydrogens is 1600 g/mol. The Bertz CT molecular complexity index is 4940. The summed E-state index contributed by atoms with van der Waals surface area (Å²) < 4.78 is 296. The number of sulfonamides is 2. The lowest BCUT2D eigenvalue weighted by atomic mass is 9.79. The van der Waals surface area contributed by atoms with Crippen LogP contribution in [0.3, 0.4) is 0 Å². The molecule has 14 atom stereocenters. The number of carbonyl (C=O) groups is 8. The molecule has 8 aliphatic rings. The van der Waals surface area contributed by atoms with Crippen LogP contribution in [0, 0.1) is 69.8 Å². The van der Waals surface area contributed by atoms with E-state index in [1.807, 2.05) is 13.8 Å². The zero-order chi connectivity index (χ0) is 96.6. The normalized spacial score (nSPS) is 31.3. The van der Waals surface area contributed by atoms with E-state index in [1.165, 1.54) is 52.6 Å². The van der Waals surface area contributed by atoms with E-state index in [-0.39, 0.29) is 97.2 Å². The SMILES string of the molecule is [2H]C([2H])([2H])C(OC(=O)C[C@@H]1C(=O)N2C[C@H](Oc3nccc4cc(OC)c(F)cc34)C[C@H]2C(=O)C[C@]2(C(=O)NS(=O)(=O)C3(C)CC3)C[C@H]2/C=C\CC[C@@H](C)C[C@H]1CC)(C([2H])([2H])[2H])C(F)(F)F.[2H]C([2H])([2H])C(OC(=O)C[C@@H]1C(=O)N2C[C@H](Oc3nccc4cc(OC)c(F)cc34)C[C@H]2C(=O)C[C@]2(C(=O)NS(=O)(=O)C3(C)CC3)C[C@H]2/C=C\CC[C@H](C)C[C@H]1CC)(C([2H])([2H])[2H])C(F)(F)F. The van der Waals surface area contributed by atoms with Crippen LogP contribution in [0.5, 0.6) is 23.3 Å². The summed E-state index contributed by atoms with van der Waals surface area (Å²) >= 11 is 0. The molecule has 4 aliphatic carbocycles. The van der Waals surface area contributed by atoms with Gasteiger partial charge in [-0.05, 0) is 201 Å². The second-order valence-corrected chi connectivity index (χ2v) is 38.0. The first-order valence-corrected chi connectivity index (χ1v) is 42.3. The molecule has 4 amide bonds. The summed E-state index contributed by atoms with van der Waals surface area (Å²) in [7, 11) is -5.74. The summed E-state index contributed by atoms with van der Waals surface area (Å²) in [5.74, 6) is -17.2. The number of fused-ring (bicyclic) bond motifs is 6. The Hall–Kier alpha value is -8.56. The molecule has 4 saturated carbocycles. The number of rotatable bonds is 20. The van der Waals surface area contributed by atoms with E-state index in [0.29, 0.717) is 62.1 Å². The van der Waals surface area contributed by atoms with Crippen LogP contribution in [0.1, 0.15) is 214 Å². The Morgan fingerprint density at radius 3 is 1.26 bits per heavy atom. The molecule has 4 aromatic rings. The average molecular weight is 1720 g/mol. The summed E-state index contributed by atoms with van der Waals surface area (Å²) in [6.45, 7) is -8.59. The van der Waals surface area contributed by atoms with Gasteiger partial charge in [-0.3, -0.25) is 47.8 Å². The van der Waals surface area contributed by atoms with Crippen LogP contribution in [0.2, 0.25) is 0 Å². The van der Waals surface area contributed by atoms with Gasteiger partial charge in [0.25, 0.3) is 0 Å². The predicted octanol–water partition coefficient (Wildman–Crippen LogP) is 14.0. The summed E-state index contributed by atoms with van der Waals surface area (Å²) in [6, 6.07) is 5.29. The Kier molecular flexibility index (Phi) is 21.6. The lowest BCUT2D eigenvalue weighted by Crippen LogP contribution is -2.49. The number of aromatic nitrogens is 2. The fraction of sp³-hybridized carbons (Fsp3) is 0.643. The Balaban J connectivity index is 0.000000251. The van der Waals surface area contributed by atoms with Gasteiger partial charge in [0.15, 0.2) is 34.7 Å². The molecule has 2 aromatic carbocycles. The number of ether oxygens (including phenoxy) is 6. The third-order valence-corrected chi connectivity index (χ3v) is 29.2.